The minimum atomic E-state index is -4.47. The van der Waals surface area contributed by atoms with Gasteiger partial charge in [-0.05, 0) is 74.3 Å². The van der Waals surface area contributed by atoms with Crippen molar-refractivity contribution in [1.29, 1.82) is 0 Å². The first-order valence-corrected chi connectivity index (χ1v) is 10.5. The van der Waals surface area contributed by atoms with Crippen molar-refractivity contribution in [3.63, 3.8) is 0 Å². The van der Waals surface area contributed by atoms with E-state index in [1.807, 2.05) is 49.3 Å². The molecule has 1 fully saturated rings. The average molecular weight is 434 g/mol. The highest BCUT2D eigenvalue weighted by Crippen LogP contribution is 2.46. The van der Waals surface area contributed by atoms with Crippen LogP contribution in [0.1, 0.15) is 42.4 Å². The lowest BCUT2D eigenvalue weighted by molar-refractivity contribution is -0.137. The van der Waals surface area contributed by atoms with E-state index < -0.39 is 17.3 Å². The van der Waals surface area contributed by atoms with Crippen LogP contribution in [0.15, 0.2) is 54.1 Å². The Balaban J connectivity index is 2.18. The van der Waals surface area contributed by atoms with Crippen LogP contribution < -0.4 is 4.74 Å². The number of ether oxygens (including phenoxy) is 1. The monoisotopic (exact) mass is 433 g/mol. The number of hydrogen-bond donors (Lipinski definition) is 1. The van der Waals surface area contributed by atoms with E-state index in [0.29, 0.717) is 24.3 Å². The van der Waals surface area contributed by atoms with Gasteiger partial charge in [-0.15, -0.1) is 0 Å². The van der Waals surface area contributed by atoms with Gasteiger partial charge in [0.2, 0.25) is 0 Å². The van der Waals surface area contributed by atoms with Crippen LogP contribution in [0, 0.1) is 5.92 Å². The molecule has 1 aliphatic rings. The number of benzene rings is 2. The molecule has 2 unspecified atom stereocenters. The third-order valence-corrected chi connectivity index (χ3v) is 5.98. The summed E-state index contributed by atoms with van der Waals surface area (Å²) >= 11 is 0. The van der Waals surface area contributed by atoms with E-state index in [0.717, 1.165) is 42.5 Å². The van der Waals surface area contributed by atoms with Gasteiger partial charge in [0.25, 0.3) is 0 Å². The molecule has 0 saturated heterocycles. The largest absolute Gasteiger partial charge is 0.497 e. The Kier molecular flexibility index (Phi) is 7.12. The molecular formula is C25H30F3NO2. The maximum atomic E-state index is 13.5. The van der Waals surface area contributed by atoms with Crippen LogP contribution in [0.5, 0.6) is 5.75 Å². The summed E-state index contributed by atoms with van der Waals surface area (Å²) in [7, 11) is 5.43. The second-order valence-corrected chi connectivity index (χ2v) is 8.50. The minimum Gasteiger partial charge on any atom is -0.497 e. The zero-order valence-electron chi connectivity index (χ0n) is 18.2. The quantitative estimate of drug-likeness (QED) is 0.611. The molecule has 0 radical (unpaired) electrons. The number of methoxy groups -OCH3 is 1. The molecule has 6 heteroatoms. The van der Waals surface area contributed by atoms with Gasteiger partial charge < -0.3 is 14.7 Å². The van der Waals surface area contributed by atoms with Crippen LogP contribution in [0.4, 0.5) is 13.2 Å². The van der Waals surface area contributed by atoms with Crippen molar-refractivity contribution >= 4 is 6.08 Å². The molecule has 168 valence electrons. The Morgan fingerprint density at radius 2 is 1.87 bits per heavy atom. The summed E-state index contributed by atoms with van der Waals surface area (Å²) in [5, 5.41) is 12.2. The van der Waals surface area contributed by atoms with E-state index >= 15 is 0 Å². The highest BCUT2D eigenvalue weighted by atomic mass is 19.4. The zero-order valence-corrected chi connectivity index (χ0v) is 18.2. The first kappa shape index (κ1) is 23.4. The van der Waals surface area contributed by atoms with E-state index in [2.05, 4.69) is 0 Å². The van der Waals surface area contributed by atoms with Crippen LogP contribution in [0.3, 0.4) is 0 Å². The van der Waals surface area contributed by atoms with Crippen molar-refractivity contribution < 1.29 is 23.0 Å². The first-order valence-electron chi connectivity index (χ1n) is 10.5. The lowest BCUT2D eigenvalue weighted by atomic mass is 9.73. The SMILES string of the molecule is COc1cccc(C=C2CCCCC(CN(C)C)C2(O)c2cccc(C(F)(F)F)c2)c1. The Morgan fingerprint density at radius 3 is 2.55 bits per heavy atom. The lowest BCUT2D eigenvalue weighted by Crippen LogP contribution is -2.41. The molecule has 3 rings (SSSR count). The highest BCUT2D eigenvalue weighted by molar-refractivity contribution is 5.59. The summed E-state index contributed by atoms with van der Waals surface area (Å²) in [6.45, 7) is 0.572. The van der Waals surface area contributed by atoms with Crippen LogP contribution in [-0.2, 0) is 11.8 Å². The molecule has 1 saturated carbocycles. The number of halogens is 3. The molecule has 2 atom stereocenters. The number of aliphatic hydroxyl groups is 1. The summed E-state index contributed by atoms with van der Waals surface area (Å²) in [5.41, 5.74) is -0.350. The number of nitrogens with zero attached hydrogens (tertiary/aromatic N) is 1. The smallest absolute Gasteiger partial charge is 0.416 e. The molecule has 0 aliphatic heterocycles. The maximum Gasteiger partial charge on any atom is 0.416 e. The molecule has 3 nitrogen and oxygen atoms in total. The second-order valence-electron chi connectivity index (χ2n) is 8.50. The number of alkyl halides is 3. The van der Waals surface area contributed by atoms with Crippen molar-refractivity contribution in [2.45, 2.75) is 37.5 Å². The van der Waals surface area contributed by atoms with Gasteiger partial charge in [0.15, 0.2) is 0 Å². The molecule has 1 N–H and O–H groups in total. The summed E-state index contributed by atoms with van der Waals surface area (Å²) in [4.78, 5) is 1.98. The first-order chi connectivity index (χ1) is 14.6. The van der Waals surface area contributed by atoms with Gasteiger partial charge in [0.1, 0.15) is 11.4 Å². The Labute approximate surface area is 182 Å². The summed E-state index contributed by atoms with van der Waals surface area (Å²) in [6.07, 6.45) is 0.589. The standard InChI is InChI=1S/C25H30F3NO2/c1-29(2)17-22-10-5-4-9-19(14-18-8-6-13-23(15-18)31-3)24(22,30)20-11-7-12-21(16-20)25(26,27)28/h6-8,11-16,22,30H,4-5,9-10,17H2,1-3H3. The predicted octanol–water partition coefficient (Wildman–Crippen LogP) is 5.74. The summed E-state index contributed by atoms with van der Waals surface area (Å²) in [6, 6.07) is 12.6. The molecule has 0 spiro atoms. The summed E-state index contributed by atoms with van der Waals surface area (Å²) in [5.74, 6) is 0.459. The van der Waals surface area contributed by atoms with Crippen molar-refractivity contribution in [2.24, 2.45) is 5.92 Å². The molecule has 2 aromatic rings. The molecule has 31 heavy (non-hydrogen) atoms. The molecule has 0 amide bonds. The normalized spacial score (nSPS) is 23.7. The molecule has 1 aliphatic carbocycles. The van der Waals surface area contributed by atoms with Crippen molar-refractivity contribution in [3.05, 3.63) is 70.8 Å². The van der Waals surface area contributed by atoms with E-state index in [4.69, 9.17) is 4.74 Å². The Bertz CT molecular complexity index is 923. The van der Waals surface area contributed by atoms with Crippen LogP contribution >= 0.6 is 0 Å². The van der Waals surface area contributed by atoms with E-state index in [-0.39, 0.29) is 5.92 Å². The molecular weight excluding hydrogens is 403 g/mol. The van der Waals surface area contributed by atoms with Crippen LogP contribution in [0.2, 0.25) is 0 Å². The third kappa shape index (κ3) is 5.31. The van der Waals surface area contributed by atoms with Crippen molar-refractivity contribution in [2.75, 3.05) is 27.7 Å². The Hall–Kier alpha value is -2.31. The molecule has 0 bridgehead atoms. The van der Waals surface area contributed by atoms with Crippen molar-refractivity contribution in [1.82, 2.24) is 4.90 Å². The average Bonchev–Trinajstić information content (AvgIpc) is 2.88. The number of rotatable bonds is 5. The second kappa shape index (κ2) is 9.45. The minimum absolute atomic E-state index is 0.231. The Morgan fingerprint density at radius 1 is 1.13 bits per heavy atom. The molecule has 0 heterocycles. The zero-order chi connectivity index (χ0) is 22.6. The highest BCUT2D eigenvalue weighted by Gasteiger charge is 2.44. The topological polar surface area (TPSA) is 32.7 Å². The fourth-order valence-electron chi connectivity index (χ4n) is 4.50. The fraction of sp³-hybridized carbons (Fsp3) is 0.440. The van der Waals surface area contributed by atoms with Gasteiger partial charge in [-0.1, -0.05) is 36.8 Å². The van der Waals surface area contributed by atoms with Gasteiger partial charge in [0, 0.05) is 12.5 Å². The van der Waals surface area contributed by atoms with Gasteiger partial charge in [-0.25, -0.2) is 0 Å². The predicted molar refractivity (Wildman–Crippen MR) is 117 cm³/mol. The third-order valence-electron chi connectivity index (χ3n) is 5.98. The number of hydrogen-bond acceptors (Lipinski definition) is 3. The molecule has 2 aromatic carbocycles. The lowest BCUT2D eigenvalue weighted by Gasteiger charge is -2.39. The van der Waals surface area contributed by atoms with Crippen molar-refractivity contribution in [3.8, 4) is 5.75 Å². The maximum absolute atomic E-state index is 13.5. The van der Waals surface area contributed by atoms with Gasteiger partial charge in [-0.2, -0.15) is 13.2 Å². The van der Waals surface area contributed by atoms with Gasteiger partial charge >= 0.3 is 6.18 Å². The van der Waals surface area contributed by atoms with E-state index in [1.165, 1.54) is 6.07 Å². The van der Waals surface area contributed by atoms with Gasteiger partial charge in [0.05, 0.1) is 12.7 Å². The van der Waals surface area contributed by atoms with E-state index in [9.17, 15) is 18.3 Å². The van der Waals surface area contributed by atoms with Crippen LogP contribution in [-0.4, -0.2) is 37.8 Å². The van der Waals surface area contributed by atoms with Gasteiger partial charge in [-0.3, -0.25) is 0 Å². The molecule has 0 aromatic heterocycles. The van der Waals surface area contributed by atoms with E-state index in [1.54, 1.807) is 13.2 Å². The summed E-state index contributed by atoms with van der Waals surface area (Å²) < 4.78 is 45.7. The fourth-order valence-corrected chi connectivity index (χ4v) is 4.50. The van der Waals surface area contributed by atoms with Crippen LogP contribution in [0.25, 0.3) is 6.08 Å².